The number of nitrogens with two attached hydrogens (primary N) is 1. The van der Waals surface area contributed by atoms with Crippen LogP contribution in [0.25, 0.3) is 22.2 Å². The summed E-state index contributed by atoms with van der Waals surface area (Å²) in [4.78, 5) is 27.3. The molecular weight excluding hydrogens is 419 g/mol. The van der Waals surface area contributed by atoms with Crippen LogP contribution < -0.4 is 5.73 Å². The van der Waals surface area contributed by atoms with Gasteiger partial charge in [0.05, 0.1) is 11.4 Å². The van der Waals surface area contributed by atoms with Gasteiger partial charge in [-0.1, -0.05) is 6.42 Å². The number of hydrogen-bond acceptors (Lipinski definition) is 2. The van der Waals surface area contributed by atoms with E-state index < -0.39 is 11.6 Å². The van der Waals surface area contributed by atoms with Crippen molar-refractivity contribution in [2.45, 2.75) is 25.7 Å². The third-order valence-corrected chi connectivity index (χ3v) is 6.16. The van der Waals surface area contributed by atoms with Crippen molar-refractivity contribution in [1.82, 2.24) is 9.88 Å². The number of rotatable bonds is 3. The lowest BCUT2D eigenvalue weighted by atomic mass is 9.84. The van der Waals surface area contributed by atoms with E-state index in [2.05, 4.69) is 4.98 Å². The van der Waals surface area contributed by atoms with Crippen LogP contribution in [0.2, 0.25) is 0 Å². The van der Waals surface area contributed by atoms with E-state index in [0.717, 1.165) is 25.3 Å². The molecule has 3 N–H and O–H groups in total. The van der Waals surface area contributed by atoms with Crippen LogP contribution in [0.15, 0.2) is 42.5 Å². The normalized spacial score (nSPS) is 18.2. The Morgan fingerprint density at radius 3 is 2.25 bits per heavy atom. The first kappa shape index (κ1) is 21.9. The molecule has 5 nitrogen and oxygen atoms in total. The summed E-state index contributed by atoms with van der Waals surface area (Å²) in [6, 6.07) is 9.50. The molecular formula is C24H24F3N3O2. The molecule has 168 valence electrons. The highest BCUT2D eigenvalue weighted by Crippen LogP contribution is 2.30. The molecule has 5 rings (SSSR count). The van der Waals surface area contributed by atoms with Gasteiger partial charge in [0.15, 0.2) is 0 Å². The Balaban J connectivity index is 0.000000158. The number of nitrogens with one attached hydrogen (secondary N) is 1. The van der Waals surface area contributed by atoms with Gasteiger partial charge in [-0.2, -0.15) is 0 Å². The summed E-state index contributed by atoms with van der Waals surface area (Å²) in [5, 5.41) is 0.451. The Labute approximate surface area is 183 Å². The molecule has 8 heteroatoms. The van der Waals surface area contributed by atoms with Gasteiger partial charge in [0.2, 0.25) is 11.8 Å². The second-order valence-electron chi connectivity index (χ2n) is 8.34. The number of primary amides is 1. The lowest BCUT2D eigenvalue weighted by Gasteiger charge is -2.28. The molecule has 1 aliphatic carbocycles. The largest absolute Gasteiger partial charge is 0.369 e. The van der Waals surface area contributed by atoms with Crippen molar-refractivity contribution in [2.75, 3.05) is 13.1 Å². The van der Waals surface area contributed by atoms with Gasteiger partial charge in [0.25, 0.3) is 0 Å². The maximum Gasteiger partial charge on any atom is 0.225 e. The average Bonchev–Trinajstić information content (AvgIpc) is 3.35. The van der Waals surface area contributed by atoms with E-state index in [1.165, 1.54) is 24.6 Å². The smallest absolute Gasteiger partial charge is 0.225 e. The molecule has 2 fully saturated rings. The molecule has 2 aliphatic rings. The van der Waals surface area contributed by atoms with Crippen molar-refractivity contribution in [3.8, 4) is 11.3 Å². The first-order chi connectivity index (χ1) is 15.3. The molecule has 2 aromatic carbocycles. The minimum atomic E-state index is -0.640. The summed E-state index contributed by atoms with van der Waals surface area (Å²) in [6.45, 7) is 1.26. The lowest BCUT2D eigenvalue weighted by molar-refractivity contribution is -0.137. The van der Waals surface area contributed by atoms with Crippen LogP contribution >= 0.6 is 0 Å². The Bertz CT molecular complexity index is 1140. The molecule has 2 amide bonds. The molecule has 0 radical (unpaired) electrons. The number of hydrogen-bond donors (Lipinski definition) is 2. The molecule has 2 heterocycles. The van der Waals surface area contributed by atoms with E-state index in [0.29, 0.717) is 29.7 Å². The maximum absolute atomic E-state index is 13.5. The topological polar surface area (TPSA) is 79.2 Å². The molecule has 1 saturated heterocycles. The monoisotopic (exact) mass is 443 g/mol. The maximum atomic E-state index is 13.5. The van der Waals surface area contributed by atoms with Crippen molar-refractivity contribution in [1.29, 1.82) is 0 Å². The number of aromatic amines is 1. The minimum absolute atomic E-state index is 0.112. The Hall–Kier alpha value is -3.29. The number of amides is 2. The van der Waals surface area contributed by atoms with Crippen molar-refractivity contribution < 1.29 is 22.8 Å². The molecule has 1 saturated carbocycles. The summed E-state index contributed by atoms with van der Waals surface area (Å²) in [5.74, 6) is -1.51. The molecule has 0 unspecified atom stereocenters. The molecule has 3 aromatic rings. The second-order valence-corrected chi connectivity index (χ2v) is 8.34. The first-order valence-electron chi connectivity index (χ1n) is 10.6. The van der Waals surface area contributed by atoms with Crippen molar-refractivity contribution >= 4 is 22.7 Å². The van der Waals surface area contributed by atoms with Crippen molar-refractivity contribution in [3.05, 3.63) is 59.9 Å². The molecule has 32 heavy (non-hydrogen) atoms. The standard InChI is InChI=1S/C14H8F3N.C10H16N2O2/c15-10-3-1-8(2-4-10)13-6-9-5-11(16)7-12(17)14(9)18-13;11-9(13)8-4-5-12(6-8)10(14)7-2-1-3-7/h1-7,18H;7-8H,1-6H2,(H2,11,13)/t;8-/m.0/s1. The van der Waals surface area contributed by atoms with Gasteiger partial charge in [0, 0.05) is 36.2 Å². The minimum Gasteiger partial charge on any atom is -0.369 e. The molecule has 1 aromatic heterocycles. The number of carbonyl (C=O) groups excluding carboxylic acids is 2. The number of likely N-dealkylation sites (tertiary alicyclic amines) is 1. The van der Waals surface area contributed by atoms with Crippen LogP contribution in [0, 0.1) is 29.3 Å². The number of aromatic nitrogens is 1. The number of halogens is 3. The third-order valence-electron chi connectivity index (χ3n) is 6.16. The molecule has 1 atom stereocenters. The fourth-order valence-electron chi connectivity index (χ4n) is 4.06. The van der Waals surface area contributed by atoms with Crippen LogP contribution in [0.3, 0.4) is 0 Å². The number of benzene rings is 2. The zero-order valence-corrected chi connectivity index (χ0v) is 17.4. The number of H-pyrrole nitrogens is 1. The predicted octanol–water partition coefficient (Wildman–Crippen LogP) is 4.37. The Kier molecular flexibility index (Phi) is 6.21. The van der Waals surface area contributed by atoms with E-state index in [-0.39, 0.29) is 35.0 Å². The zero-order valence-electron chi connectivity index (χ0n) is 17.4. The second kappa shape index (κ2) is 9.06. The van der Waals surface area contributed by atoms with Gasteiger partial charge < -0.3 is 15.6 Å². The van der Waals surface area contributed by atoms with Crippen LogP contribution in [-0.4, -0.2) is 34.8 Å². The summed E-state index contributed by atoms with van der Waals surface area (Å²) in [5.41, 5.74) is 6.79. The van der Waals surface area contributed by atoms with Gasteiger partial charge in [-0.3, -0.25) is 9.59 Å². The van der Waals surface area contributed by atoms with Crippen molar-refractivity contribution in [2.24, 2.45) is 17.6 Å². The zero-order chi connectivity index (χ0) is 22.8. The van der Waals surface area contributed by atoms with Gasteiger partial charge >= 0.3 is 0 Å². The fraction of sp³-hybridized carbons (Fsp3) is 0.333. The SMILES string of the molecule is Fc1ccc(-c2cc3cc(F)cc(F)c3[nH]2)cc1.NC(=O)[C@H]1CCN(C(=O)C2CCC2)C1. The number of nitrogens with zero attached hydrogens (tertiary/aromatic N) is 1. The van der Waals surface area contributed by atoms with Gasteiger partial charge in [-0.15, -0.1) is 0 Å². The molecule has 0 spiro atoms. The summed E-state index contributed by atoms with van der Waals surface area (Å²) in [7, 11) is 0. The Morgan fingerprint density at radius 1 is 0.938 bits per heavy atom. The van der Waals surface area contributed by atoms with E-state index in [1.54, 1.807) is 23.1 Å². The first-order valence-corrected chi connectivity index (χ1v) is 10.6. The lowest BCUT2D eigenvalue weighted by Crippen LogP contribution is -2.38. The van der Waals surface area contributed by atoms with Gasteiger partial charge in [-0.25, -0.2) is 13.2 Å². The average molecular weight is 443 g/mol. The van der Waals surface area contributed by atoms with E-state index >= 15 is 0 Å². The number of fused-ring (bicyclic) bond motifs is 1. The van der Waals surface area contributed by atoms with E-state index in [4.69, 9.17) is 5.73 Å². The van der Waals surface area contributed by atoms with Crippen LogP contribution in [0.4, 0.5) is 13.2 Å². The van der Waals surface area contributed by atoms with Crippen molar-refractivity contribution in [3.63, 3.8) is 0 Å². The highest BCUT2D eigenvalue weighted by Gasteiger charge is 2.35. The van der Waals surface area contributed by atoms with E-state index in [9.17, 15) is 22.8 Å². The van der Waals surface area contributed by atoms with Crippen LogP contribution in [0.1, 0.15) is 25.7 Å². The predicted molar refractivity (Wildman–Crippen MR) is 115 cm³/mol. The number of carbonyl (C=O) groups is 2. The summed E-state index contributed by atoms with van der Waals surface area (Å²) in [6.07, 6.45) is 3.96. The quantitative estimate of drug-likeness (QED) is 0.630. The van der Waals surface area contributed by atoms with Crippen LogP contribution in [-0.2, 0) is 9.59 Å². The Morgan fingerprint density at radius 2 is 1.66 bits per heavy atom. The van der Waals surface area contributed by atoms with E-state index in [1.807, 2.05) is 0 Å². The van der Waals surface area contributed by atoms with Gasteiger partial charge in [0.1, 0.15) is 17.5 Å². The third kappa shape index (κ3) is 4.64. The van der Waals surface area contributed by atoms with Gasteiger partial charge in [-0.05, 0) is 61.2 Å². The fourth-order valence-corrected chi connectivity index (χ4v) is 4.06. The summed E-state index contributed by atoms with van der Waals surface area (Å²) < 4.78 is 39.4. The molecule has 0 bridgehead atoms. The van der Waals surface area contributed by atoms with Crippen LogP contribution in [0.5, 0.6) is 0 Å². The summed E-state index contributed by atoms with van der Waals surface area (Å²) >= 11 is 0. The highest BCUT2D eigenvalue weighted by molar-refractivity contribution is 5.86. The highest BCUT2D eigenvalue weighted by atomic mass is 19.1. The molecule has 1 aliphatic heterocycles.